The van der Waals surface area contributed by atoms with Gasteiger partial charge in [-0.1, -0.05) is 29.4 Å². The maximum absolute atomic E-state index is 12.3. The molecule has 5 nitrogen and oxygen atoms in total. The minimum absolute atomic E-state index is 0.107. The minimum atomic E-state index is -0.305. The predicted molar refractivity (Wildman–Crippen MR) is 97.2 cm³/mol. The molecule has 0 fully saturated rings. The van der Waals surface area contributed by atoms with Crippen molar-refractivity contribution in [2.45, 2.75) is 17.3 Å². The van der Waals surface area contributed by atoms with E-state index in [0.29, 0.717) is 15.9 Å². The molecule has 2 heterocycles. The fourth-order valence-corrected chi connectivity index (χ4v) is 3.05. The van der Waals surface area contributed by atoms with Crippen molar-refractivity contribution < 1.29 is 4.79 Å². The third-order valence-electron chi connectivity index (χ3n) is 3.29. The summed E-state index contributed by atoms with van der Waals surface area (Å²) in [4.78, 5) is 23.8. The first-order valence-corrected chi connectivity index (χ1v) is 8.56. The highest BCUT2D eigenvalue weighted by atomic mass is 35.5. The summed E-state index contributed by atoms with van der Waals surface area (Å²) in [5.41, 5.74) is 2.57. The lowest BCUT2D eigenvalue weighted by Crippen LogP contribution is -2.22. The first kappa shape index (κ1) is 16.5. The Morgan fingerprint density at radius 3 is 2.83 bits per heavy atom. The average Bonchev–Trinajstić information content (AvgIpc) is 3.04. The number of anilines is 1. The van der Waals surface area contributed by atoms with E-state index in [1.165, 1.54) is 11.8 Å². The SMILES string of the molecule is CC(Sc1ncc(-c2ccncc2)[nH]1)C(=O)Nc1cccc(Cl)c1. The van der Waals surface area contributed by atoms with Crippen LogP contribution in [0.25, 0.3) is 11.3 Å². The molecule has 1 unspecified atom stereocenters. The van der Waals surface area contributed by atoms with Gasteiger partial charge in [0, 0.05) is 28.7 Å². The van der Waals surface area contributed by atoms with Gasteiger partial charge < -0.3 is 10.3 Å². The molecule has 1 atom stereocenters. The van der Waals surface area contributed by atoms with Crippen molar-refractivity contribution in [2.24, 2.45) is 0 Å². The molecule has 1 aromatic carbocycles. The number of hydrogen-bond donors (Lipinski definition) is 2. The quantitative estimate of drug-likeness (QED) is 0.669. The summed E-state index contributed by atoms with van der Waals surface area (Å²) in [6, 6.07) is 10.9. The summed E-state index contributed by atoms with van der Waals surface area (Å²) in [7, 11) is 0. The van der Waals surface area contributed by atoms with Crippen molar-refractivity contribution in [3.8, 4) is 11.3 Å². The highest BCUT2D eigenvalue weighted by Crippen LogP contribution is 2.25. The molecule has 0 aliphatic heterocycles. The van der Waals surface area contributed by atoms with Gasteiger partial charge in [0.2, 0.25) is 5.91 Å². The van der Waals surface area contributed by atoms with Crippen molar-refractivity contribution in [1.29, 1.82) is 0 Å². The van der Waals surface area contributed by atoms with Crippen LogP contribution in [-0.4, -0.2) is 26.1 Å². The molecule has 2 aromatic heterocycles. The number of nitrogens with zero attached hydrogens (tertiary/aromatic N) is 2. The number of H-pyrrole nitrogens is 1. The summed E-state index contributed by atoms with van der Waals surface area (Å²) in [5.74, 6) is -0.107. The number of halogens is 1. The third kappa shape index (κ3) is 4.15. The van der Waals surface area contributed by atoms with Gasteiger partial charge in [-0.2, -0.15) is 0 Å². The molecule has 0 bridgehead atoms. The molecule has 0 spiro atoms. The second kappa shape index (κ2) is 7.51. The molecule has 2 N–H and O–H groups in total. The van der Waals surface area contributed by atoms with Crippen LogP contribution >= 0.6 is 23.4 Å². The van der Waals surface area contributed by atoms with Crippen LogP contribution in [0.2, 0.25) is 5.02 Å². The zero-order valence-electron chi connectivity index (χ0n) is 12.9. The molecule has 3 rings (SSSR count). The smallest absolute Gasteiger partial charge is 0.237 e. The second-order valence-corrected chi connectivity index (χ2v) is 6.86. The zero-order valence-corrected chi connectivity index (χ0v) is 14.4. The number of hydrogen-bond acceptors (Lipinski definition) is 4. The van der Waals surface area contributed by atoms with Gasteiger partial charge in [-0.05, 0) is 37.3 Å². The Morgan fingerprint density at radius 1 is 1.29 bits per heavy atom. The Labute approximate surface area is 148 Å². The first-order chi connectivity index (χ1) is 11.6. The molecule has 0 radical (unpaired) electrons. The van der Waals surface area contributed by atoms with Crippen LogP contribution in [0.3, 0.4) is 0 Å². The van der Waals surface area contributed by atoms with E-state index < -0.39 is 0 Å². The minimum Gasteiger partial charge on any atom is -0.333 e. The Kier molecular flexibility index (Phi) is 5.17. The van der Waals surface area contributed by atoms with E-state index in [9.17, 15) is 4.79 Å². The van der Waals surface area contributed by atoms with Gasteiger partial charge >= 0.3 is 0 Å². The van der Waals surface area contributed by atoms with Crippen molar-refractivity contribution in [2.75, 3.05) is 5.32 Å². The molecular formula is C17H15ClN4OS. The molecule has 122 valence electrons. The van der Waals surface area contributed by atoms with Crippen LogP contribution < -0.4 is 5.32 Å². The van der Waals surface area contributed by atoms with Gasteiger partial charge in [-0.25, -0.2) is 4.98 Å². The van der Waals surface area contributed by atoms with Crippen LogP contribution in [0, 0.1) is 0 Å². The fourth-order valence-electron chi connectivity index (χ4n) is 2.07. The topological polar surface area (TPSA) is 70.7 Å². The Balaban J connectivity index is 1.63. The largest absolute Gasteiger partial charge is 0.333 e. The van der Waals surface area contributed by atoms with Crippen LogP contribution in [0.15, 0.2) is 60.1 Å². The Bertz CT molecular complexity index is 837. The number of amides is 1. The Hall–Kier alpha value is -2.31. The number of benzene rings is 1. The van der Waals surface area contributed by atoms with Gasteiger partial charge in [0.25, 0.3) is 0 Å². The van der Waals surface area contributed by atoms with E-state index in [2.05, 4.69) is 20.3 Å². The standard InChI is InChI=1S/C17H15ClN4OS/c1-11(16(23)21-14-4-2-3-13(18)9-14)24-17-20-10-15(22-17)12-5-7-19-8-6-12/h2-11H,1H3,(H,20,22)(H,21,23). The lowest BCUT2D eigenvalue weighted by atomic mass is 10.2. The summed E-state index contributed by atoms with van der Waals surface area (Å²) < 4.78 is 0. The number of pyridine rings is 1. The van der Waals surface area contributed by atoms with E-state index in [1.54, 1.807) is 42.9 Å². The van der Waals surface area contributed by atoms with E-state index in [1.807, 2.05) is 19.1 Å². The second-order valence-electron chi connectivity index (χ2n) is 5.10. The maximum Gasteiger partial charge on any atom is 0.237 e. The molecule has 0 saturated carbocycles. The highest BCUT2D eigenvalue weighted by Gasteiger charge is 2.16. The number of aromatic amines is 1. The van der Waals surface area contributed by atoms with E-state index >= 15 is 0 Å². The lowest BCUT2D eigenvalue weighted by Gasteiger charge is -2.10. The molecule has 0 aliphatic rings. The Morgan fingerprint density at radius 2 is 2.08 bits per heavy atom. The first-order valence-electron chi connectivity index (χ1n) is 7.30. The highest BCUT2D eigenvalue weighted by molar-refractivity contribution is 8.00. The summed E-state index contributed by atoms with van der Waals surface area (Å²) in [6.07, 6.45) is 5.20. The lowest BCUT2D eigenvalue weighted by molar-refractivity contribution is -0.115. The van der Waals surface area contributed by atoms with E-state index in [-0.39, 0.29) is 11.2 Å². The van der Waals surface area contributed by atoms with Gasteiger partial charge in [0.1, 0.15) is 0 Å². The van der Waals surface area contributed by atoms with Crippen LogP contribution in [0.5, 0.6) is 0 Å². The zero-order chi connectivity index (χ0) is 16.9. The number of carbonyl (C=O) groups is 1. The molecule has 3 aromatic rings. The summed E-state index contributed by atoms with van der Waals surface area (Å²) in [6.45, 7) is 1.83. The van der Waals surface area contributed by atoms with Crippen molar-refractivity contribution in [1.82, 2.24) is 15.0 Å². The summed E-state index contributed by atoms with van der Waals surface area (Å²) >= 11 is 7.29. The molecule has 0 aliphatic carbocycles. The molecule has 0 saturated heterocycles. The van der Waals surface area contributed by atoms with Crippen LogP contribution in [0.1, 0.15) is 6.92 Å². The number of imidazole rings is 1. The number of thioether (sulfide) groups is 1. The van der Waals surface area contributed by atoms with Gasteiger partial charge in [0.05, 0.1) is 17.1 Å². The van der Waals surface area contributed by atoms with Crippen LogP contribution in [-0.2, 0) is 4.79 Å². The predicted octanol–water partition coefficient (Wildman–Crippen LogP) is 4.24. The van der Waals surface area contributed by atoms with E-state index in [0.717, 1.165) is 11.3 Å². The molecular weight excluding hydrogens is 344 g/mol. The normalized spacial score (nSPS) is 11.9. The maximum atomic E-state index is 12.3. The molecule has 1 amide bonds. The number of rotatable bonds is 5. The number of carbonyl (C=O) groups excluding carboxylic acids is 1. The van der Waals surface area contributed by atoms with Gasteiger partial charge in [-0.3, -0.25) is 9.78 Å². The number of nitrogens with one attached hydrogen (secondary N) is 2. The van der Waals surface area contributed by atoms with Crippen molar-refractivity contribution in [3.63, 3.8) is 0 Å². The van der Waals surface area contributed by atoms with Crippen molar-refractivity contribution >= 4 is 35.0 Å². The summed E-state index contributed by atoms with van der Waals surface area (Å²) in [5, 5.41) is 3.82. The van der Waals surface area contributed by atoms with Gasteiger partial charge in [0.15, 0.2) is 5.16 Å². The molecule has 7 heteroatoms. The van der Waals surface area contributed by atoms with Crippen molar-refractivity contribution in [3.05, 3.63) is 60.0 Å². The van der Waals surface area contributed by atoms with E-state index in [4.69, 9.17) is 11.6 Å². The number of aromatic nitrogens is 3. The van der Waals surface area contributed by atoms with Gasteiger partial charge in [-0.15, -0.1) is 0 Å². The van der Waals surface area contributed by atoms with Crippen LogP contribution in [0.4, 0.5) is 5.69 Å². The fraction of sp³-hybridized carbons (Fsp3) is 0.118. The monoisotopic (exact) mass is 358 g/mol. The average molecular weight is 359 g/mol. The third-order valence-corrected chi connectivity index (χ3v) is 4.53. The molecule has 24 heavy (non-hydrogen) atoms.